The molecular formula is C10H9N3O3S2. The highest BCUT2D eigenvalue weighted by atomic mass is 32.2. The van der Waals surface area contributed by atoms with Crippen LogP contribution >= 0.6 is 11.3 Å². The normalized spacial score (nSPS) is 10.9. The Kier molecular flexibility index (Phi) is 3.58. The smallest absolute Gasteiger partial charge is 0.263 e. The van der Waals surface area contributed by atoms with Crippen LogP contribution in [0.1, 0.15) is 0 Å². The Morgan fingerprint density at radius 2 is 1.94 bits per heavy atom. The summed E-state index contributed by atoms with van der Waals surface area (Å²) in [5, 5.41) is 4.41. The van der Waals surface area contributed by atoms with E-state index in [1.165, 1.54) is 41.8 Å². The first-order valence-corrected chi connectivity index (χ1v) is 7.21. The maximum Gasteiger partial charge on any atom is 0.263 e. The number of sulfonamides is 1. The maximum absolute atomic E-state index is 11.9. The van der Waals surface area contributed by atoms with Crippen LogP contribution in [0.2, 0.25) is 0 Å². The van der Waals surface area contributed by atoms with Crippen molar-refractivity contribution in [2.45, 2.75) is 4.90 Å². The van der Waals surface area contributed by atoms with Crippen LogP contribution < -0.4 is 10.0 Å². The van der Waals surface area contributed by atoms with Crippen molar-refractivity contribution in [3.63, 3.8) is 0 Å². The highest BCUT2D eigenvalue weighted by Crippen LogP contribution is 2.19. The van der Waals surface area contributed by atoms with Gasteiger partial charge in [-0.2, -0.15) is 0 Å². The molecule has 1 aromatic heterocycles. The van der Waals surface area contributed by atoms with E-state index in [4.69, 9.17) is 0 Å². The molecule has 2 rings (SSSR count). The van der Waals surface area contributed by atoms with Crippen molar-refractivity contribution in [1.82, 2.24) is 4.98 Å². The highest BCUT2D eigenvalue weighted by molar-refractivity contribution is 7.93. The molecule has 0 saturated carbocycles. The third-order valence-electron chi connectivity index (χ3n) is 2.04. The van der Waals surface area contributed by atoms with E-state index in [0.29, 0.717) is 17.2 Å². The van der Waals surface area contributed by atoms with Crippen LogP contribution in [-0.2, 0) is 14.8 Å². The van der Waals surface area contributed by atoms with E-state index in [2.05, 4.69) is 15.0 Å². The van der Waals surface area contributed by atoms with E-state index in [1.54, 1.807) is 5.38 Å². The summed E-state index contributed by atoms with van der Waals surface area (Å²) >= 11 is 1.20. The molecule has 0 atom stereocenters. The maximum atomic E-state index is 11.9. The van der Waals surface area contributed by atoms with Gasteiger partial charge >= 0.3 is 0 Å². The number of amides is 1. The number of benzene rings is 1. The minimum Gasteiger partial charge on any atom is -0.329 e. The lowest BCUT2D eigenvalue weighted by Gasteiger charge is -2.05. The zero-order valence-corrected chi connectivity index (χ0v) is 10.7. The van der Waals surface area contributed by atoms with Gasteiger partial charge in [-0.05, 0) is 24.3 Å². The van der Waals surface area contributed by atoms with Crippen LogP contribution in [0, 0.1) is 0 Å². The number of hydrogen-bond donors (Lipinski definition) is 2. The van der Waals surface area contributed by atoms with E-state index < -0.39 is 10.0 Å². The fourth-order valence-electron chi connectivity index (χ4n) is 1.25. The Balaban J connectivity index is 2.21. The zero-order valence-electron chi connectivity index (χ0n) is 9.03. The Hall–Kier alpha value is -1.93. The molecule has 0 saturated heterocycles. The Morgan fingerprint density at radius 1 is 1.22 bits per heavy atom. The van der Waals surface area contributed by atoms with E-state index in [0.717, 1.165) is 0 Å². The summed E-state index contributed by atoms with van der Waals surface area (Å²) in [5.74, 6) is 0. The third-order valence-corrected chi connectivity index (χ3v) is 4.22. The summed E-state index contributed by atoms with van der Waals surface area (Å²) in [6, 6.07) is 5.82. The monoisotopic (exact) mass is 283 g/mol. The quantitative estimate of drug-likeness (QED) is 0.814. The summed E-state index contributed by atoms with van der Waals surface area (Å²) < 4.78 is 26.2. The van der Waals surface area contributed by atoms with Gasteiger partial charge in [0.2, 0.25) is 6.41 Å². The second-order valence-corrected chi connectivity index (χ2v) is 5.81. The first-order chi connectivity index (χ1) is 8.62. The number of carbonyl (C=O) groups excluding carboxylic acids is 1. The molecule has 0 aliphatic heterocycles. The summed E-state index contributed by atoms with van der Waals surface area (Å²) in [7, 11) is -3.63. The molecule has 0 radical (unpaired) electrons. The van der Waals surface area contributed by atoms with Gasteiger partial charge in [0.15, 0.2) is 5.13 Å². The number of anilines is 2. The van der Waals surface area contributed by atoms with Crippen LogP contribution in [0.5, 0.6) is 0 Å². The number of thiazole rings is 1. The molecule has 6 nitrogen and oxygen atoms in total. The molecule has 1 amide bonds. The molecule has 0 spiro atoms. The molecule has 1 aromatic carbocycles. The average molecular weight is 283 g/mol. The number of carbonyl (C=O) groups is 1. The minimum absolute atomic E-state index is 0.106. The molecule has 2 N–H and O–H groups in total. The number of nitrogens with zero attached hydrogens (tertiary/aromatic N) is 1. The molecule has 0 unspecified atom stereocenters. The lowest BCUT2D eigenvalue weighted by Crippen LogP contribution is -2.12. The van der Waals surface area contributed by atoms with Crippen molar-refractivity contribution in [3.8, 4) is 0 Å². The van der Waals surface area contributed by atoms with Crippen molar-refractivity contribution >= 4 is 38.6 Å². The van der Waals surface area contributed by atoms with E-state index in [-0.39, 0.29) is 4.90 Å². The highest BCUT2D eigenvalue weighted by Gasteiger charge is 2.14. The molecule has 0 aliphatic carbocycles. The third kappa shape index (κ3) is 2.84. The predicted molar refractivity (Wildman–Crippen MR) is 69.1 cm³/mol. The SMILES string of the molecule is O=CNc1ccc(S(=O)(=O)Nc2nccs2)cc1. The largest absolute Gasteiger partial charge is 0.329 e. The molecule has 2 aromatic rings. The molecule has 94 valence electrons. The Morgan fingerprint density at radius 3 is 2.50 bits per heavy atom. The van der Waals surface area contributed by atoms with Gasteiger partial charge in [-0.3, -0.25) is 9.52 Å². The summed E-state index contributed by atoms with van der Waals surface area (Å²) in [5.41, 5.74) is 0.526. The Bertz CT molecular complexity index is 621. The minimum atomic E-state index is -3.63. The second kappa shape index (κ2) is 5.15. The van der Waals surface area contributed by atoms with Crippen molar-refractivity contribution in [2.24, 2.45) is 0 Å². The van der Waals surface area contributed by atoms with E-state index in [1.807, 2.05) is 0 Å². The summed E-state index contributed by atoms with van der Waals surface area (Å²) in [6.45, 7) is 0. The molecule has 18 heavy (non-hydrogen) atoms. The zero-order chi connectivity index (χ0) is 13.0. The average Bonchev–Trinajstić information content (AvgIpc) is 2.82. The Labute approximate surface area is 108 Å². The number of nitrogens with one attached hydrogen (secondary N) is 2. The van der Waals surface area contributed by atoms with Gasteiger partial charge in [0.1, 0.15) is 0 Å². The van der Waals surface area contributed by atoms with E-state index >= 15 is 0 Å². The van der Waals surface area contributed by atoms with Gasteiger partial charge in [0, 0.05) is 17.3 Å². The first kappa shape index (κ1) is 12.5. The molecule has 1 heterocycles. The van der Waals surface area contributed by atoms with Crippen molar-refractivity contribution in [3.05, 3.63) is 35.8 Å². The molecule has 0 fully saturated rings. The first-order valence-electron chi connectivity index (χ1n) is 4.84. The lowest BCUT2D eigenvalue weighted by molar-refractivity contribution is -0.105. The van der Waals surface area contributed by atoms with Gasteiger partial charge in [0.05, 0.1) is 4.90 Å². The number of hydrogen-bond acceptors (Lipinski definition) is 5. The van der Waals surface area contributed by atoms with Crippen LogP contribution in [0.25, 0.3) is 0 Å². The molecule has 0 bridgehead atoms. The van der Waals surface area contributed by atoms with Crippen molar-refractivity contribution in [1.29, 1.82) is 0 Å². The fraction of sp³-hybridized carbons (Fsp3) is 0. The van der Waals surface area contributed by atoms with Gasteiger partial charge in [-0.1, -0.05) is 0 Å². The fourth-order valence-corrected chi connectivity index (χ4v) is 3.03. The van der Waals surface area contributed by atoms with Gasteiger partial charge < -0.3 is 5.32 Å². The topological polar surface area (TPSA) is 88.2 Å². The van der Waals surface area contributed by atoms with Gasteiger partial charge in [-0.25, -0.2) is 13.4 Å². The van der Waals surface area contributed by atoms with Crippen molar-refractivity contribution in [2.75, 3.05) is 10.0 Å². The summed E-state index contributed by atoms with van der Waals surface area (Å²) in [4.78, 5) is 14.2. The van der Waals surface area contributed by atoms with E-state index in [9.17, 15) is 13.2 Å². The lowest BCUT2D eigenvalue weighted by atomic mass is 10.3. The summed E-state index contributed by atoms with van der Waals surface area (Å²) in [6.07, 6.45) is 2.04. The van der Waals surface area contributed by atoms with Crippen LogP contribution in [-0.4, -0.2) is 19.8 Å². The molecule has 8 heteroatoms. The second-order valence-electron chi connectivity index (χ2n) is 3.23. The predicted octanol–water partition coefficient (Wildman–Crippen LogP) is 1.51. The van der Waals surface area contributed by atoms with Crippen LogP contribution in [0.3, 0.4) is 0 Å². The molecular weight excluding hydrogens is 274 g/mol. The number of aromatic nitrogens is 1. The molecule has 0 aliphatic rings. The van der Waals surface area contributed by atoms with Crippen LogP contribution in [0.15, 0.2) is 40.7 Å². The number of rotatable bonds is 5. The van der Waals surface area contributed by atoms with Gasteiger partial charge in [-0.15, -0.1) is 11.3 Å². The van der Waals surface area contributed by atoms with Gasteiger partial charge in [0.25, 0.3) is 10.0 Å². The van der Waals surface area contributed by atoms with Crippen molar-refractivity contribution < 1.29 is 13.2 Å². The van der Waals surface area contributed by atoms with Crippen LogP contribution in [0.4, 0.5) is 10.8 Å². The standard InChI is InChI=1S/C10H9N3O3S2/c14-7-12-8-1-3-9(4-2-8)18(15,16)13-10-11-5-6-17-10/h1-7H,(H,11,13)(H,12,14).